The monoisotopic (exact) mass is 246 g/mol. The van der Waals surface area contributed by atoms with Crippen LogP contribution in [0.3, 0.4) is 0 Å². The smallest absolute Gasteiger partial charge is 0.00659 e. The topological polar surface area (TPSA) is 0 Å². The quantitative estimate of drug-likeness (QED) is 0.421. The van der Waals surface area contributed by atoms with E-state index in [0.29, 0.717) is 0 Å². The summed E-state index contributed by atoms with van der Waals surface area (Å²) in [5, 5.41) is 1.09. The summed E-state index contributed by atoms with van der Waals surface area (Å²) < 4.78 is 0. The Hall–Kier alpha value is 0.220. The van der Waals surface area contributed by atoms with Crippen molar-refractivity contribution < 1.29 is 0 Å². The maximum atomic E-state index is 3.42. The molecule has 0 saturated carbocycles. The number of hydrogen-bond acceptors (Lipinski definition) is 0. The maximum Gasteiger partial charge on any atom is 0.00659 e. The number of halogens is 1. The Labute approximate surface area is 91.9 Å². The van der Waals surface area contributed by atoms with Crippen LogP contribution >= 0.6 is 15.9 Å². The second-order valence-corrected chi connectivity index (χ2v) is 4.39. The number of hydrogen-bond donors (Lipinski definition) is 0. The van der Waals surface area contributed by atoms with Crippen LogP contribution < -0.4 is 0 Å². The fraction of sp³-hybridized carbons (Fsp3) is 0.833. The standard InChI is InChI=1S/C12H23Br/c1-3-5-9-12(4-2)10-7-6-8-11-13/h6-7,12H,3-5,8-11H2,1-2H3. The van der Waals surface area contributed by atoms with E-state index in [1.165, 1.54) is 38.5 Å². The highest BCUT2D eigenvalue weighted by Gasteiger charge is 2.02. The van der Waals surface area contributed by atoms with E-state index in [-0.39, 0.29) is 0 Å². The second kappa shape index (κ2) is 10.3. The number of rotatable bonds is 8. The van der Waals surface area contributed by atoms with Crippen molar-refractivity contribution in [1.82, 2.24) is 0 Å². The van der Waals surface area contributed by atoms with Gasteiger partial charge in [0, 0.05) is 5.33 Å². The van der Waals surface area contributed by atoms with Gasteiger partial charge in [-0.15, -0.1) is 0 Å². The summed E-state index contributed by atoms with van der Waals surface area (Å²) in [6, 6.07) is 0. The van der Waals surface area contributed by atoms with Gasteiger partial charge in [0.2, 0.25) is 0 Å². The third-order valence-electron chi connectivity index (χ3n) is 2.46. The minimum atomic E-state index is 0.923. The predicted octanol–water partition coefficient (Wildman–Crippen LogP) is 4.93. The molecule has 78 valence electrons. The molecule has 0 aromatic rings. The van der Waals surface area contributed by atoms with E-state index in [1.807, 2.05) is 0 Å². The lowest BCUT2D eigenvalue weighted by Crippen LogP contribution is -1.96. The fourth-order valence-electron chi connectivity index (χ4n) is 1.45. The first-order valence-corrected chi connectivity index (χ1v) is 6.68. The van der Waals surface area contributed by atoms with Gasteiger partial charge in [0.1, 0.15) is 0 Å². The van der Waals surface area contributed by atoms with Gasteiger partial charge in [-0.3, -0.25) is 0 Å². The highest BCUT2D eigenvalue weighted by atomic mass is 79.9. The lowest BCUT2D eigenvalue weighted by atomic mass is 9.96. The maximum absolute atomic E-state index is 3.42. The average Bonchev–Trinajstić information content (AvgIpc) is 2.17. The highest BCUT2D eigenvalue weighted by Crippen LogP contribution is 2.16. The highest BCUT2D eigenvalue weighted by molar-refractivity contribution is 9.09. The number of alkyl halides is 1. The molecule has 0 aliphatic rings. The van der Waals surface area contributed by atoms with E-state index in [4.69, 9.17) is 0 Å². The predicted molar refractivity (Wildman–Crippen MR) is 65.5 cm³/mol. The van der Waals surface area contributed by atoms with Gasteiger partial charge in [-0.1, -0.05) is 67.6 Å². The molecule has 0 aliphatic carbocycles. The minimum absolute atomic E-state index is 0.923. The summed E-state index contributed by atoms with van der Waals surface area (Å²) in [6.45, 7) is 4.58. The summed E-state index contributed by atoms with van der Waals surface area (Å²) in [6.07, 6.45) is 12.6. The van der Waals surface area contributed by atoms with Crippen molar-refractivity contribution in [3.63, 3.8) is 0 Å². The molecule has 0 nitrogen and oxygen atoms in total. The van der Waals surface area contributed by atoms with Crippen LogP contribution in [0.25, 0.3) is 0 Å². The number of allylic oxidation sites excluding steroid dienone is 2. The second-order valence-electron chi connectivity index (χ2n) is 3.60. The van der Waals surface area contributed by atoms with Gasteiger partial charge < -0.3 is 0 Å². The largest absolute Gasteiger partial charge is 0.0925 e. The van der Waals surface area contributed by atoms with E-state index < -0.39 is 0 Å². The molecular weight excluding hydrogens is 224 g/mol. The Balaban J connectivity index is 3.46. The van der Waals surface area contributed by atoms with Crippen LogP contribution in [0.15, 0.2) is 12.2 Å². The Morgan fingerprint density at radius 1 is 1.23 bits per heavy atom. The molecule has 0 spiro atoms. The first kappa shape index (κ1) is 13.2. The molecule has 0 amide bonds. The Bertz CT molecular complexity index is 118. The summed E-state index contributed by atoms with van der Waals surface area (Å²) in [4.78, 5) is 0. The van der Waals surface area contributed by atoms with E-state index in [0.717, 1.165) is 11.2 Å². The SMILES string of the molecule is CCCCC(CC)CC=CCCBr. The zero-order valence-electron chi connectivity index (χ0n) is 9.06. The Kier molecular flexibility index (Phi) is 10.5. The van der Waals surface area contributed by atoms with E-state index in [1.54, 1.807) is 0 Å². The molecule has 0 fully saturated rings. The van der Waals surface area contributed by atoms with Crippen molar-refractivity contribution in [2.24, 2.45) is 5.92 Å². The van der Waals surface area contributed by atoms with Crippen molar-refractivity contribution in [3.8, 4) is 0 Å². The van der Waals surface area contributed by atoms with Crippen LogP contribution in [-0.2, 0) is 0 Å². The molecule has 0 N–H and O–H groups in total. The summed E-state index contributed by atoms with van der Waals surface area (Å²) >= 11 is 3.42. The molecule has 0 aliphatic heterocycles. The Morgan fingerprint density at radius 2 is 2.00 bits per heavy atom. The molecule has 0 aromatic carbocycles. The van der Waals surface area contributed by atoms with Crippen LogP contribution in [0.5, 0.6) is 0 Å². The molecule has 13 heavy (non-hydrogen) atoms. The van der Waals surface area contributed by atoms with Crippen LogP contribution in [0.1, 0.15) is 52.4 Å². The summed E-state index contributed by atoms with van der Waals surface area (Å²) in [5.41, 5.74) is 0. The third-order valence-corrected chi connectivity index (χ3v) is 2.91. The summed E-state index contributed by atoms with van der Waals surface area (Å²) in [5.74, 6) is 0.923. The van der Waals surface area contributed by atoms with Gasteiger partial charge >= 0.3 is 0 Å². The molecule has 1 atom stereocenters. The number of unbranched alkanes of at least 4 members (excludes halogenated alkanes) is 1. The Morgan fingerprint density at radius 3 is 2.54 bits per heavy atom. The van der Waals surface area contributed by atoms with E-state index in [9.17, 15) is 0 Å². The lowest BCUT2D eigenvalue weighted by Gasteiger charge is -2.10. The molecule has 0 aromatic heterocycles. The summed E-state index contributed by atoms with van der Waals surface area (Å²) in [7, 11) is 0. The lowest BCUT2D eigenvalue weighted by molar-refractivity contribution is 0.456. The molecule has 1 unspecified atom stereocenters. The van der Waals surface area contributed by atoms with Crippen molar-refractivity contribution in [2.45, 2.75) is 52.4 Å². The first-order valence-electron chi connectivity index (χ1n) is 5.56. The van der Waals surface area contributed by atoms with Gasteiger partial charge in [0.15, 0.2) is 0 Å². The van der Waals surface area contributed by atoms with Crippen LogP contribution in [0.2, 0.25) is 0 Å². The van der Waals surface area contributed by atoms with Crippen LogP contribution in [0, 0.1) is 5.92 Å². The zero-order valence-corrected chi connectivity index (χ0v) is 10.6. The van der Waals surface area contributed by atoms with Gasteiger partial charge in [-0.2, -0.15) is 0 Å². The first-order chi connectivity index (χ1) is 6.35. The molecule has 1 heteroatoms. The van der Waals surface area contributed by atoms with Gasteiger partial charge in [-0.05, 0) is 18.8 Å². The normalized spacial score (nSPS) is 13.8. The van der Waals surface area contributed by atoms with Crippen molar-refractivity contribution in [3.05, 3.63) is 12.2 Å². The zero-order chi connectivity index (χ0) is 9.94. The van der Waals surface area contributed by atoms with Crippen molar-refractivity contribution in [1.29, 1.82) is 0 Å². The molecule has 0 radical (unpaired) electrons. The van der Waals surface area contributed by atoms with Gasteiger partial charge in [-0.25, -0.2) is 0 Å². The van der Waals surface area contributed by atoms with Gasteiger partial charge in [0.05, 0.1) is 0 Å². The molecular formula is C12H23Br. The molecule has 0 saturated heterocycles. The minimum Gasteiger partial charge on any atom is -0.0925 e. The van der Waals surface area contributed by atoms with E-state index in [2.05, 4.69) is 41.9 Å². The molecule has 0 bridgehead atoms. The fourth-order valence-corrected chi connectivity index (χ4v) is 1.72. The van der Waals surface area contributed by atoms with Gasteiger partial charge in [0.25, 0.3) is 0 Å². The van der Waals surface area contributed by atoms with Crippen LogP contribution in [-0.4, -0.2) is 5.33 Å². The average molecular weight is 247 g/mol. The molecule has 0 heterocycles. The van der Waals surface area contributed by atoms with Crippen molar-refractivity contribution in [2.75, 3.05) is 5.33 Å². The third kappa shape index (κ3) is 8.55. The van der Waals surface area contributed by atoms with Crippen molar-refractivity contribution >= 4 is 15.9 Å². The van der Waals surface area contributed by atoms with E-state index >= 15 is 0 Å². The molecule has 0 rings (SSSR count). The van der Waals surface area contributed by atoms with Crippen LogP contribution in [0.4, 0.5) is 0 Å².